The number of aliphatic hydroxyl groups is 1. The van der Waals surface area contributed by atoms with Crippen LogP contribution in [0.25, 0.3) is 0 Å². The molecule has 1 heterocycles. The number of carbonyl (C=O) groups excluding carboxylic acids is 1. The van der Waals surface area contributed by atoms with E-state index in [9.17, 15) is 9.90 Å². The lowest BCUT2D eigenvalue weighted by atomic mass is 10.00. The van der Waals surface area contributed by atoms with Crippen LogP contribution < -0.4 is 10.1 Å². The summed E-state index contributed by atoms with van der Waals surface area (Å²) in [6.07, 6.45) is 2.69. The van der Waals surface area contributed by atoms with Gasteiger partial charge in [-0.1, -0.05) is 30.3 Å². The molecule has 1 aromatic heterocycles. The molecule has 2 aromatic carbocycles. The smallest absolute Gasteiger partial charge is 0.218 e. The van der Waals surface area contributed by atoms with Gasteiger partial charge in [0.1, 0.15) is 24.4 Å². The van der Waals surface area contributed by atoms with E-state index in [1.54, 1.807) is 54.6 Å². The molecular weight excluding hydrogens is 342 g/mol. The molecule has 0 amide bonds. The number of hydrogen-bond donors (Lipinski definition) is 2. The average molecular weight is 361 g/mol. The standard InChI is InChI=1S/C21H19N3O3/c25-20(14-4-2-1-3-5-14)21(26)15-6-8-16(9-7-15)24-18-12-19(23-13-22-18)27-17-10-11-17/h1-9,12-13,17,20,25H,10-11H2,(H,22,23,24). The highest BCUT2D eigenvalue weighted by molar-refractivity contribution is 6.00. The molecule has 1 aliphatic carbocycles. The summed E-state index contributed by atoms with van der Waals surface area (Å²) in [7, 11) is 0. The zero-order chi connectivity index (χ0) is 18.6. The zero-order valence-electron chi connectivity index (χ0n) is 14.6. The molecule has 1 atom stereocenters. The van der Waals surface area contributed by atoms with Gasteiger partial charge in [-0.2, -0.15) is 0 Å². The van der Waals surface area contributed by atoms with Crippen LogP contribution in [0.3, 0.4) is 0 Å². The maximum absolute atomic E-state index is 12.5. The Morgan fingerprint density at radius 3 is 2.52 bits per heavy atom. The second-order valence-corrected chi connectivity index (χ2v) is 6.44. The van der Waals surface area contributed by atoms with Crippen molar-refractivity contribution in [1.29, 1.82) is 0 Å². The largest absolute Gasteiger partial charge is 0.474 e. The molecule has 3 aromatic rings. The molecule has 1 fully saturated rings. The van der Waals surface area contributed by atoms with Gasteiger partial charge in [-0.3, -0.25) is 4.79 Å². The van der Waals surface area contributed by atoms with E-state index < -0.39 is 6.10 Å². The van der Waals surface area contributed by atoms with Crippen molar-refractivity contribution in [2.24, 2.45) is 0 Å². The van der Waals surface area contributed by atoms with Crippen molar-refractivity contribution in [3.05, 3.63) is 78.1 Å². The summed E-state index contributed by atoms with van der Waals surface area (Å²) in [5.74, 6) is 0.826. The number of hydrogen-bond acceptors (Lipinski definition) is 6. The van der Waals surface area contributed by atoms with Gasteiger partial charge in [0.15, 0.2) is 5.78 Å². The molecule has 136 valence electrons. The predicted molar refractivity (Wildman–Crippen MR) is 101 cm³/mol. The maximum Gasteiger partial charge on any atom is 0.218 e. The third-order valence-corrected chi connectivity index (χ3v) is 4.26. The fraction of sp³-hybridized carbons (Fsp3) is 0.190. The highest BCUT2D eigenvalue weighted by atomic mass is 16.5. The van der Waals surface area contributed by atoms with Crippen molar-refractivity contribution in [3.8, 4) is 5.88 Å². The van der Waals surface area contributed by atoms with Gasteiger partial charge in [0.2, 0.25) is 5.88 Å². The van der Waals surface area contributed by atoms with Crippen LogP contribution >= 0.6 is 0 Å². The monoisotopic (exact) mass is 361 g/mol. The molecule has 1 aliphatic rings. The normalized spacial score (nSPS) is 14.4. The third-order valence-electron chi connectivity index (χ3n) is 4.26. The van der Waals surface area contributed by atoms with E-state index in [4.69, 9.17) is 4.74 Å². The lowest BCUT2D eigenvalue weighted by Gasteiger charge is -2.11. The Labute approximate surface area is 156 Å². The molecule has 0 spiro atoms. The summed E-state index contributed by atoms with van der Waals surface area (Å²) >= 11 is 0. The molecular formula is C21H19N3O3. The SMILES string of the molecule is O=C(c1ccc(Nc2cc(OC3CC3)ncn2)cc1)C(O)c1ccccc1. The predicted octanol–water partition coefficient (Wildman–Crippen LogP) is 3.68. The van der Waals surface area contributed by atoms with Crippen LogP contribution in [0.2, 0.25) is 0 Å². The molecule has 6 heteroatoms. The number of ether oxygens (including phenoxy) is 1. The minimum absolute atomic E-state index is 0.272. The quantitative estimate of drug-likeness (QED) is 0.625. The Morgan fingerprint density at radius 2 is 1.81 bits per heavy atom. The minimum Gasteiger partial charge on any atom is -0.474 e. The summed E-state index contributed by atoms with van der Waals surface area (Å²) in [6.45, 7) is 0. The van der Waals surface area contributed by atoms with Gasteiger partial charge in [-0.05, 0) is 42.7 Å². The van der Waals surface area contributed by atoms with Crippen molar-refractivity contribution in [1.82, 2.24) is 9.97 Å². The van der Waals surface area contributed by atoms with Crippen molar-refractivity contribution in [3.63, 3.8) is 0 Å². The third kappa shape index (κ3) is 4.30. The highest BCUT2D eigenvalue weighted by Gasteiger charge is 2.24. The molecule has 27 heavy (non-hydrogen) atoms. The van der Waals surface area contributed by atoms with Gasteiger partial charge in [-0.25, -0.2) is 9.97 Å². The fourth-order valence-corrected chi connectivity index (χ4v) is 2.64. The van der Waals surface area contributed by atoms with E-state index in [0.717, 1.165) is 18.5 Å². The van der Waals surface area contributed by atoms with Crippen LogP contribution in [0.4, 0.5) is 11.5 Å². The number of carbonyl (C=O) groups is 1. The maximum atomic E-state index is 12.5. The van der Waals surface area contributed by atoms with Gasteiger partial charge in [0.25, 0.3) is 0 Å². The van der Waals surface area contributed by atoms with Crippen LogP contribution in [0, 0.1) is 0 Å². The first-order valence-corrected chi connectivity index (χ1v) is 8.82. The first-order valence-electron chi connectivity index (χ1n) is 8.82. The van der Waals surface area contributed by atoms with Gasteiger partial charge < -0.3 is 15.2 Å². The van der Waals surface area contributed by atoms with Gasteiger partial charge >= 0.3 is 0 Å². The zero-order valence-corrected chi connectivity index (χ0v) is 14.6. The van der Waals surface area contributed by atoms with Crippen LogP contribution in [-0.4, -0.2) is 27.0 Å². The Morgan fingerprint density at radius 1 is 1.07 bits per heavy atom. The molecule has 1 unspecified atom stereocenters. The Kier molecular flexibility index (Phi) is 4.80. The molecule has 6 nitrogen and oxygen atoms in total. The Bertz CT molecular complexity index is 925. The number of benzene rings is 2. The topological polar surface area (TPSA) is 84.3 Å². The summed E-state index contributed by atoms with van der Waals surface area (Å²) in [5.41, 5.74) is 1.79. The average Bonchev–Trinajstić information content (AvgIpc) is 3.52. The summed E-state index contributed by atoms with van der Waals surface area (Å²) in [4.78, 5) is 20.7. The van der Waals surface area contributed by atoms with Gasteiger partial charge in [-0.15, -0.1) is 0 Å². The van der Waals surface area contributed by atoms with Gasteiger partial charge in [0, 0.05) is 17.3 Å². The number of rotatable bonds is 7. The first-order chi connectivity index (χ1) is 13.2. The van der Waals surface area contributed by atoms with Crippen LogP contribution in [-0.2, 0) is 0 Å². The second-order valence-electron chi connectivity index (χ2n) is 6.44. The van der Waals surface area contributed by atoms with Crippen molar-refractivity contribution in [2.45, 2.75) is 25.0 Å². The van der Waals surface area contributed by atoms with Crippen LogP contribution in [0.5, 0.6) is 5.88 Å². The first kappa shape index (κ1) is 17.2. The fourth-order valence-electron chi connectivity index (χ4n) is 2.64. The second kappa shape index (κ2) is 7.55. The van der Waals surface area contributed by atoms with E-state index in [0.29, 0.717) is 22.8 Å². The van der Waals surface area contributed by atoms with Crippen molar-refractivity contribution >= 4 is 17.3 Å². The number of nitrogens with one attached hydrogen (secondary N) is 1. The van der Waals surface area contributed by atoms with Crippen LogP contribution in [0.15, 0.2) is 67.0 Å². The molecule has 0 aliphatic heterocycles. The van der Waals surface area contributed by atoms with Gasteiger partial charge in [0.05, 0.1) is 0 Å². The Balaban J connectivity index is 1.43. The summed E-state index contributed by atoms with van der Waals surface area (Å²) in [6, 6.07) is 17.5. The molecule has 1 saturated carbocycles. The van der Waals surface area contributed by atoms with E-state index in [1.165, 1.54) is 6.33 Å². The number of anilines is 2. The molecule has 0 radical (unpaired) electrons. The highest BCUT2D eigenvalue weighted by Crippen LogP contribution is 2.27. The summed E-state index contributed by atoms with van der Waals surface area (Å²) in [5, 5.41) is 13.4. The minimum atomic E-state index is -1.17. The number of aromatic nitrogens is 2. The number of Topliss-reactive ketones (excluding diaryl/α,β-unsaturated/α-hetero) is 1. The number of aliphatic hydroxyl groups excluding tert-OH is 1. The Hall–Kier alpha value is -3.25. The molecule has 2 N–H and O–H groups in total. The number of nitrogens with zero attached hydrogens (tertiary/aromatic N) is 2. The van der Waals surface area contributed by atoms with Crippen LogP contribution in [0.1, 0.15) is 34.9 Å². The van der Waals surface area contributed by atoms with E-state index in [-0.39, 0.29) is 11.9 Å². The lowest BCUT2D eigenvalue weighted by Crippen LogP contribution is -2.12. The summed E-state index contributed by atoms with van der Waals surface area (Å²) < 4.78 is 5.66. The van der Waals surface area contributed by atoms with Crippen molar-refractivity contribution < 1.29 is 14.6 Å². The molecule has 0 bridgehead atoms. The molecule has 4 rings (SSSR count). The van der Waals surface area contributed by atoms with E-state index in [2.05, 4.69) is 15.3 Å². The van der Waals surface area contributed by atoms with Crippen molar-refractivity contribution in [2.75, 3.05) is 5.32 Å². The number of ketones is 1. The van der Waals surface area contributed by atoms with E-state index >= 15 is 0 Å². The van der Waals surface area contributed by atoms with E-state index in [1.807, 2.05) is 6.07 Å². The molecule has 0 saturated heterocycles. The lowest BCUT2D eigenvalue weighted by molar-refractivity contribution is 0.0747.